The molecule has 166 valence electrons. The SMILES string of the molecule is CC(NC1CCC(c2ccc(CCCCC(=O)O)cc2)C1)c1ccc2c(c1)OCCO2. The minimum absolute atomic E-state index is 0.263. The van der Waals surface area contributed by atoms with E-state index in [9.17, 15) is 4.79 Å². The molecular formula is C26H33NO4. The number of fused-ring (bicyclic) bond motifs is 1. The van der Waals surface area contributed by atoms with Crippen LogP contribution in [0.5, 0.6) is 11.5 Å². The number of aliphatic carboxylic acids is 1. The van der Waals surface area contributed by atoms with Crippen LogP contribution in [0.4, 0.5) is 0 Å². The zero-order valence-electron chi connectivity index (χ0n) is 18.3. The smallest absolute Gasteiger partial charge is 0.303 e. The summed E-state index contributed by atoms with van der Waals surface area (Å²) in [6.45, 7) is 3.46. The molecule has 4 rings (SSSR count). The number of carbonyl (C=O) groups is 1. The predicted octanol–water partition coefficient (Wildman–Crippen LogP) is 5.24. The molecule has 3 unspecified atom stereocenters. The van der Waals surface area contributed by atoms with Gasteiger partial charge in [-0.2, -0.15) is 0 Å². The van der Waals surface area contributed by atoms with Gasteiger partial charge in [0, 0.05) is 18.5 Å². The molecular weight excluding hydrogens is 390 g/mol. The quantitative estimate of drug-likeness (QED) is 0.540. The summed E-state index contributed by atoms with van der Waals surface area (Å²) in [5.74, 6) is 1.59. The van der Waals surface area contributed by atoms with Crippen LogP contribution in [0.25, 0.3) is 0 Å². The Morgan fingerprint density at radius 3 is 2.61 bits per heavy atom. The Labute approximate surface area is 184 Å². The van der Waals surface area contributed by atoms with Crippen molar-refractivity contribution in [2.24, 2.45) is 0 Å². The molecule has 1 heterocycles. The van der Waals surface area contributed by atoms with Crippen molar-refractivity contribution in [2.75, 3.05) is 13.2 Å². The molecule has 0 saturated heterocycles. The Balaban J connectivity index is 1.26. The van der Waals surface area contributed by atoms with E-state index >= 15 is 0 Å². The number of aryl methyl sites for hydroxylation is 1. The average molecular weight is 424 g/mol. The summed E-state index contributed by atoms with van der Waals surface area (Å²) in [6.07, 6.45) is 6.45. The first-order valence-corrected chi connectivity index (χ1v) is 11.5. The van der Waals surface area contributed by atoms with E-state index in [0.717, 1.165) is 37.2 Å². The second kappa shape index (κ2) is 10.2. The van der Waals surface area contributed by atoms with E-state index in [2.05, 4.69) is 48.6 Å². The highest BCUT2D eigenvalue weighted by Crippen LogP contribution is 2.37. The first-order valence-electron chi connectivity index (χ1n) is 11.5. The number of hydrogen-bond donors (Lipinski definition) is 2. The lowest BCUT2D eigenvalue weighted by Crippen LogP contribution is -2.29. The lowest BCUT2D eigenvalue weighted by Gasteiger charge is -2.23. The minimum atomic E-state index is -0.706. The summed E-state index contributed by atoms with van der Waals surface area (Å²) in [4.78, 5) is 10.6. The molecule has 31 heavy (non-hydrogen) atoms. The summed E-state index contributed by atoms with van der Waals surface area (Å²) in [5, 5.41) is 12.6. The van der Waals surface area contributed by atoms with Gasteiger partial charge < -0.3 is 19.9 Å². The molecule has 2 aromatic carbocycles. The van der Waals surface area contributed by atoms with Gasteiger partial charge in [-0.25, -0.2) is 0 Å². The van der Waals surface area contributed by atoms with Gasteiger partial charge in [-0.3, -0.25) is 4.79 Å². The van der Waals surface area contributed by atoms with E-state index < -0.39 is 5.97 Å². The number of ether oxygens (including phenoxy) is 2. The molecule has 2 aliphatic rings. The van der Waals surface area contributed by atoms with Crippen molar-refractivity contribution >= 4 is 5.97 Å². The number of benzene rings is 2. The normalized spacial score (nSPS) is 21.1. The maximum absolute atomic E-state index is 10.6. The van der Waals surface area contributed by atoms with E-state index in [4.69, 9.17) is 14.6 Å². The maximum Gasteiger partial charge on any atom is 0.303 e. The van der Waals surface area contributed by atoms with Crippen LogP contribution in [-0.4, -0.2) is 30.3 Å². The largest absolute Gasteiger partial charge is 0.486 e. The third-order valence-corrected chi connectivity index (χ3v) is 6.54. The first kappa shape index (κ1) is 21.7. The van der Waals surface area contributed by atoms with Crippen molar-refractivity contribution in [3.8, 4) is 11.5 Å². The molecule has 0 spiro atoms. The number of carboxylic acid groups (broad SMARTS) is 1. The number of rotatable bonds is 9. The fraction of sp³-hybridized carbons (Fsp3) is 0.500. The number of unbranched alkanes of at least 4 members (excludes halogenated alkanes) is 1. The van der Waals surface area contributed by atoms with Crippen molar-refractivity contribution in [1.82, 2.24) is 5.32 Å². The molecule has 1 fully saturated rings. The molecule has 2 N–H and O–H groups in total. The Hall–Kier alpha value is -2.53. The summed E-state index contributed by atoms with van der Waals surface area (Å²) < 4.78 is 11.4. The van der Waals surface area contributed by atoms with Crippen LogP contribution in [0.3, 0.4) is 0 Å². The zero-order chi connectivity index (χ0) is 21.6. The summed E-state index contributed by atoms with van der Waals surface area (Å²) in [7, 11) is 0. The standard InChI is InChI=1S/C26H33NO4/c1-18(21-11-13-24-25(17-21)31-15-14-30-24)27-23-12-10-22(16-23)20-8-6-19(7-9-20)4-2-3-5-26(28)29/h6-9,11,13,17-18,22-23,27H,2-5,10,12,14-16H2,1H3,(H,28,29). The molecule has 2 aromatic rings. The third-order valence-electron chi connectivity index (χ3n) is 6.54. The molecule has 5 heteroatoms. The maximum atomic E-state index is 10.6. The average Bonchev–Trinajstić information content (AvgIpc) is 3.25. The third kappa shape index (κ3) is 5.79. The highest BCUT2D eigenvalue weighted by Gasteiger charge is 2.27. The second-order valence-electron chi connectivity index (χ2n) is 8.84. The van der Waals surface area contributed by atoms with Crippen molar-refractivity contribution in [2.45, 2.75) is 69.9 Å². The van der Waals surface area contributed by atoms with Crippen molar-refractivity contribution in [1.29, 1.82) is 0 Å². The Kier molecular flexibility index (Phi) is 7.13. The van der Waals surface area contributed by atoms with Crippen LogP contribution in [0.2, 0.25) is 0 Å². The molecule has 0 bridgehead atoms. The van der Waals surface area contributed by atoms with Crippen LogP contribution in [0.1, 0.15) is 74.1 Å². The summed E-state index contributed by atoms with van der Waals surface area (Å²) in [5.41, 5.74) is 3.96. The topological polar surface area (TPSA) is 67.8 Å². The van der Waals surface area contributed by atoms with E-state index in [1.165, 1.54) is 29.5 Å². The fourth-order valence-electron chi connectivity index (χ4n) is 4.78. The Bertz CT molecular complexity index is 879. The number of nitrogens with one attached hydrogen (secondary N) is 1. The second-order valence-corrected chi connectivity index (χ2v) is 8.84. The highest BCUT2D eigenvalue weighted by molar-refractivity contribution is 5.66. The lowest BCUT2D eigenvalue weighted by atomic mass is 9.95. The number of hydrogen-bond acceptors (Lipinski definition) is 4. The first-order chi connectivity index (χ1) is 15.1. The summed E-state index contributed by atoms with van der Waals surface area (Å²) in [6, 6.07) is 16.0. The van der Waals surface area contributed by atoms with Crippen molar-refractivity contribution in [3.63, 3.8) is 0 Å². The van der Waals surface area contributed by atoms with Gasteiger partial charge in [0.2, 0.25) is 0 Å². The van der Waals surface area contributed by atoms with Gasteiger partial charge in [-0.05, 0) is 80.2 Å². The number of carboxylic acids is 1. The van der Waals surface area contributed by atoms with Crippen LogP contribution in [-0.2, 0) is 11.2 Å². The van der Waals surface area contributed by atoms with E-state index in [1.807, 2.05) is 6.07 Å². The zero-order valence-corrected chi connectivity index (χ0v) is 18.3. The van der Waals surface area contributed by atoms with Gasteiger partial charge in [-0.1, -0.05) is 30.3 Å². The van der Waals surface area contributed by atoms with Gasteiger partial charge in [0.05, 0.1) is 0 Å². The minimum Gasteiger partial charge on any atom is -0.486 e. The van der Waals surface area contributed by atoms with Crippen molar-refractivity contribution < 1.29 is 19.4 Å². The van der Waals surface area contributed by atoms with Crippen LogP contribution in [0, 0.1) is 0 Å². The van der Waals surface area contributed by atoms with Crippen molar-refractivity contribution in [3.05, 3.63) is 59.2 Å². The van der Waals surface area contributed by atoms with Crippen LogP contribution in [0.15, 0.2) is 42.5 Å². The Morgan fingerprint density at radius 1 is 1.06 bits per heavy atom. The molecule has 5 nitrogen and oxygen atoms in total. The van der Waals surface area contributed by atoms with Gasteiger partial charge in [-0.15, -0.1) is 0 Å². The molecule has 1 saturated carbocycles. The molecule has 0 radical (unpaired) electrons. The molecule has 1 aliphatic carbocycles. The van der Waals surface area contributed by atoms with Gasteiger partial charge in [0.25, 0.3) is 0 Å². The summed E-state index contributed by atoms with van der Waals surface area (Å²) >= 11 is 0. The van der Waals surface area contributed by atoms with E-state index in [-0.39, 0.29) is 12.5 Å². The molecule has 1 aliphatic heterocycles. The Morgan fingerprint density at radius 2 is 1.84 bits per heavy atom. The highest BCUT2D eigenvalue weighted by atomic mass is 16.6. The van der Waals surface area contributed by atoms with Crippen LogP contribution < -0.4 is 14.8 Å². The van der Waals surface area contributed by atoms with Crippen LogP contribution >= 0.6 is 0 Å². The van der Waals surface area contributed by atoms with Gasteiger partial charge in [0.15, 0.2) is 11.5 Å². The van der Waals surface area contributed by atoms with E-state index in [1.54, 1.807) is 0 Å². The molecule has 3 atom stereocenters. The van der Waals surface area contributed by atoms with Gasteiger partial charge in [0.1, 0.15) is 13.2 Å². The molecule has 0 aromatic heterocycles. The van der Waals surface area contributed by atoms with Gasteiger partial charge >= 0.3 is 5.97 Å². The van der Waals surface area contributed by atoms with E-state index in [0.29, 0.717) is 25.2 Å². The fourth-order valence-corrected chi connectivity index (χ4v) is 4.78. The lowest BCUT2D eigenvalue weighted by molar-refractivity contribution is -0.137. The molecule has 0 amide bonds. The monoisotopic (exact) mass is 423 g/mol. The predicted molar refractivity (Wildman–Crippen MR) is 121 cm³/mol.